The number of nitrogens with zero attached hydrogens (tertiary/aromatic N) is 3. The average molecular weight is 277 g/mol. The third-order valence-electron chi connectivity index (χ3n) is 2.95. The summed E-state index contributed by atoms with van der Waals surface area (Å²) in [6, 6.07) is 8.42. The third kappa shape index (κ3) is 3.14. The zero-order valence-corrected chi connectivity index (χ0v) is 12.3. The first-order valence-corrected chi connectivity index (χ1v) is 6.69. The molecule has 0 aliphatic heterocycles. The molecule has 102 valence electrons. The van der Waals surface area contributed by atoms with Crippen molar-refractivity contribution in [1.82, 2.24) is 14.9 Å². The van der Waals surface area contributed by atoms with Crippen molar-refractivity contribution in [3.8, 4) is 0 Å². The van der Waals surface area contributed by atoms with Gasteiger partial charge < -0.3 is 10.3 Å². The SMILES string of the molecule is CCc1n[nH]c(=S)n1NCc1ccc(N(C)C)cc1. The molecule has 1 aromatic carbocycles. The van der Waals surface area contributed by atoms with Gasteiger partial charge in [-0.1, -0.05) is 19.1 Å². The first-order chi connectivity index (χ1) is 9.11. The predicted molar refractivity (Wildman–Crippen MR) is 80.6 cm³/mol. The van der Waals surface area contributed by atoms with E-state index in [1.165, 1.54) is 11.3 Å². The number of aromatic nitrogens is 3. The van der Waals surface area contributed by atoms with Crippen LogP contribution in [0.3, 0.4) is 0 Å². The fourth-order valence-corrected chi connectivity index (χ4v) is 2.03. The summed E-state index contributed by atoms with van der Waals surface area (Å²) >= 11 is 5.19. The van der Waals surface area contributed by atoms with Crippen molar-refractivity contribution in [2.45, 2.75) is 19.9 Å². The van der Waals surface area contributed by atoms with E-state index in [1.54, 1.807) is 0 Å². The molecule has 0 atom stereocenters. The molecule has 2 aromatic rings. The molecule has 0 fully saturated rings. The Morgan fingerprint density at radius 3 is 2.58 bits per heavy atom. The smallest absolute Gasteiger partial charge is 0.214 e. The topological polar surface area (TPSA) is 48.9 Å². The molecule has 0 bridgehead atoms. The van der Waals surface area contributed by atoms with Crippen LogP contribution in [0.4, 0.5) is 5.69 Å². The normalized spacial score (nSPS) is 10.5. The van der Waals surface area contributed by atoms with Gasteiger partial charge in [-0.15, -0.1) is 0 Å². The second-order valence-electron chi connectivity index (χ2n) is 4.53. The number of aromatic amines is 1. The quantitative estimate of drug-likeness (QED) is 0.824. The van der Waals surface area contributed by atoms with E-state index in [-0.39, 0.29) is 0 Å². The van der Waals surface area contributed by atoms with Crippen LogP contribution in [0, 0.1) is 4.77 Å². The standard InChI is InChI=1S/C13H19N5S/c1-4-12-15-16-13(19)18(12)14-9-10-5-7-11(8-6-10)17(2)3/h5-8,14H,4,9H2,1-3H3,(H,16,19). The molecule has 2 rings (SSSR count). The second kappa shape index (κ2) is 5.88. The van der Waals surface area contributed by atoms with E-state index in [4.69, 9.17) is 12.2 Å². The minimum absolute atomic E-state index is 0.599. The lowest BCUT2D eigenvalue weighted by Gasteiger charge is -2.13. The number of rotatable bonds is 5. The van der Waals surface area contributed by atoms with Crippen molar-refractivity contribution < 1.29 is 0 Å². The van der Waals surface area contributed by atoms with Crippen molar-refractivity contribution in [2.75, 3.05) is 24.4 Å². The Morgan fingerprint density at radius 2 is 2.00 bits per heavy atom. The fourth-order valence-electron chi connectivity index (χ4n) is 1.81. The lowest BCUT2D eigenvalue weighted by Crippen LogP contribution is -2.17. The highest BCUT2D eigenvalue weighted by Gasteiger charge is 2.03. The Bertz CT molecular complexity index is 582. The van der Waals surface area contributed by atoms with Gasteiger partial charge in [-0.25, -0.2) is 4.68 Å². The van der Waals surface area contributed by atoms with Crippen LogP contribution in [-0.2, 0) is 13.0 Å². The molecule has 2 N–H and O–H groups in total. The van der Waals surface area contributed by atoms with Crippen molar-refractivity contribution >= 4 is 17.9 Å². The van der Waals surface area contributed by atoms with E-state index in [9.17, 15) is 0 Å². The number of H-pyrrole nitrogens is 1. The van der Waals surface area contributed by atoms with E-state index in [0.29, 0.717) is 11.3 Å². The zero-order chi connectivity index (χ0) is 13.8. The van der Waals surface area contributed by atoms with E-state index in [1.807, 2.05) is 18.8 Å². The molecule has 0 unspecified atom stereocenters. The molecule has 0 aliphatic carbocycles. The maximum atomic E-state index is 5.19. The molecule has 19 heavy (non-hydrogen) atoms. The lowest BCUT2D eigenvalue weighted by atomic mass is 10.2. The molecule has 1 heterocycles. The number of benzene rings is 1. The lowest BCUT2D eigenvalue weighted by molar-refractivity contribution is 0.763. The van der Waals surface area contributed by atoms with Gasteiger partial charge in [0.25, 0.3) is 0 Å². The van der Waals surface area contributed by atoms with Crippen LogP contribution < -0.4 is 10.3 Å². The summed E-state index contributed by atoms with van der Waals surface area (Å²) in [6.45, 7) is 2.77. The molecule has 1 aromatic heterocycles. The molecule has 0 saturated carbocycles. The maximum Gasteiger partial charge on any atom is 0.214 e. The first kappa shape index (κ1) is 13.6. The van der Waals surface area contributed by atoms with Gasteiger partial charge in [0.15, 0.2) is 5.82 Å². The highest BCUT2D eigenvalue weighted by Crippen LogP contribution is 2.12. The van der Waals surface area contributed by atoms with Crippen LogP contribution in [0.2, 0.25) is 0 Å². The highest BCUT2D eigenvalue weighted by atomic mass is 32.1. The minimum Gasteiger partial charge on any atom is -0.378 e. The molecule has 0 amide bonds. The summed E-state index contributed by atoms with van der Waals surface area (Å²) in [5.41, 5.74) is 5.68. The van der Waals surface area contributed by atoms with Crippen molar-refractivity contribution in [3.05, 3.63) is 40.4 Å². The maximum absolute atomic E-state index is 5.19. The van der Waals surface area contributed by atoms with Crippen molar-refractivity contribution in [2.24, 2.45) is 0 Å². The van der Waals surface area contributed by atoms with Gasteiger partial charge in [-0.05, 0) is 29.9 Å². The number of aryl methyl sites for hydroxylation is 1. The van der Waals surface area contributed by atoms with E-state index >= 15 is 0 Å². The molecule has 0 radical (unpaired) electrons. The van der Waals surface area contributed by atoms with Crippen molar-refractivity contribution in [1.29, 1.82) is 0 Å². The number of hydrogen-bond acceptors (Lipinski definition) is 4. The Kier molecular flexibility index (Phi) is 4.21. The van der Waals surface area contributed by atoms with Crippen molar-refractivity contribution in [3.63, 3.8) is 0 Å². The van der Waals surface area contributed by atoms with E-state index < -0.39 is 0 Å². The molecule has 5 nitrogen and oxygen atoms in total. The van der Waals surface area contributed by atoms with Gasteiger partial charge >= 0.3 is 0 Å². The van der Waals surface area contributed by atoms with Gasteiger partial charge in [0, 0.05) is 26.2 Å². The first-order valence-electron chi connectivity index (χ1n) is 6.28. The number of anilines is 1. The molecule has 0 spiro atoms. The average Bonchev–Trinajstić information content (AvgIpc) is 2.77. The zero-order valence-electron chi connectivity index (χ0n) is 11.5. The van der Waals surface area contributed by atoms with E-state index in [2.05, 4.69) is 51.7 Å². The number of nitrogens with one attached hydrogen (secondary N) is 2. The van der Waals surface area contributed by atoms with Crippen LogP contribution in [0.15, 0.2) is 24.3 Å². The van der Waals surface area contributed by atoms with Gasteiger partial charge in [0.1, 0.15) is 0 Å². The summed E-state index contributed by atoms with van der Waals surface area (Å²) in [6.07, 6.45) is 0.833. The molecular weight excluding hydrogens is 258 g/mol. The van der Waals surface area contributed by atoms with Crippen LogP contribution in [0.5, 0.6) is 0 Å². The molecule has 0 saturated heterocycles. The number of hydrogen-bond donors (Lipinski definition) is 2. The Balaban J connectivity index is 2.06. The monoisotopic (exact) mass is 277 g/mol. The largest absolute Gasteiger partial charge is 0.378 e. The van der Waals surface area contributed by atoms with Crippen LogP contribution in [-0.4, -0.2) is 29.0 Å². The van der Waals surface area contributed by atoms with Gasteiger partial charge in [-0.3, -0.25) is 5.10 Å². The summed E-state index contributed by atoms with van der Waals surface area (Å²) in [7, 11) is 4.07. The summed E-state index contributed by atoms with van der Waals surface area (Å²) in [4.78, 5) is 2.08. The van der Waals surface area contributed by atoms with Gasteiger partial charge in [-0.2, -0.15) is 5.10 Å². The summed E-state index contributed by atoms with van der Waals surface area (Å²) < 4.78 is 2.43. The minimum atomic E-state index is 0.599. The Hall–Kier alpha value is -1.82. The van der Waals surface area contributed by atoms with Gasteiger partial charge in [0.05, 0.1) is 6.54 Å². The van der Waals surface area contributed by atoms with E-state index in [0.717, 1.165) is 12.2 Å². The van der Waals surface area contributed by atoms with Crippen LogP contribution >= 0.6 is 12.2 Å². The summed E-state index contributed by atoms with van der Waals surface area (Å²) in [5.74, 6) is 0.912. The molecular formula is C13H19N5S. The fraction of sp³-hybridized carbons (Fsp3) is 0.385. The Morgan fingerprint density at radius 1 is 1.32 bits per heavy atom. The molecule has 6 heteroatoms. The highest BCUT2D eigenvalue weighted by molar-refractivity contribution is 7.71. The van der Waals surface area contributed by atoms with Crippen LogP contribution in [0.25, 0.3) is 0 Å². The summed E-state index contributed by atoms with van der Waals surface area (Å²) in [5, 5.41) is 6.96. The third-order valence-corrected chi connectivity index (χ3v) is 3.23. The van der Waals surface area contributed by atoms with Gasteiger partial charge in [0.2, 0.25) is 4.77 Å². The second-order valence-corrected chi connectivity index (χ2v) is 4.92. The molecule has 0 aliphatic rings. The van der Waals surface area contributed by atoms with Crippen LogP contribution in [0.1, 0.15) is 18.3 Å². The predicted octanol–water partition coefficient (Wildman–Crippen LogP) is 2.31. The Labute approximate surface area is 118 Å².